The molecule has 0 amide bonds. The van der Waals surface area contributed by atoms with Crippen LogP contribution < -0.4 is 9.80 Å². The van der Waals surface area contributed by atoms with Gasteiger partial charge in [0, 0.05) is 77.5 Å². The zero-order chi connectivity index (χ0) is 48.0. The van der Waals surface area contributed by atoms with Crippen molar-refractivity contribution in [2.45, 2.75) is 0 Å². The second kappa shape index (κ2) is 16.4. The van der Waals surface area contributed by atoms with E-state index in [1.54, 1.807) is 0 Å². The second-order valence-electron chi connectivity index (χ2n) is 18.9. The van der Waals surface area contributed by atoms with Crippen LogP contribution in [0.2, 0.25) is 0 Å². The number of para-hydroxylation sites is 5. The van der Waals surface area contributed by atoms with Gasteiger partial charge in [0.15, 0.2) is 0 Å². The molecule has 0 saturated heterocycles. The zero-order valence-electron chi connectivity index (χ0n) is 39.5. The van der Waals surface area contributed by atoms with E-state index >= 15 is 0 Å². The van der Waals surface area contributed by atoms with E-state index in [-0.39, 0.29) is 0 Å². The molecule has 0 aliphatic carbocycles. The Hall–Kier alpha value is -9.84. The fraction of sp³-hybridized carbons (Fsp3) is 0. The zero-order valence-corrected chi connectivity index (χ0v) is 39.5. The Labute approximate surface area is 420 Å². The first kappa shape index (κ1) is 41.0. The average Bonchev–Trinajstić information content (AvgIpc) is 4.13. The van der Waals surface area contributed by atoms with Crippen molar-refractivity contribution >= 4 is 121 Å². The summed E-state index contributed by atoms with van der Waals surface area (Å²) in [6, 6.07) is 93.8. The van der Waals surface area contributed by atoms with Gasteiger partial charge >= 0.3 is 0 Å². The molecule has 0 saturated carbocycles. The van der Waals surface area contributed by atoms with Crippen LogP contribution in [0.5, 0.6) is 0 Å². The maximum atomic E-state index is 6.63. The fourth-order valence-corrected chi connectivity index (χ4v) is 11.3. The first-order valence-corrected chi connectivity index (χ1v) is 24.8. The van der Waals surface area contributed by atoms with Gasteiger partial charge in [0.25, 0.3) is 0 Å². The molecule has 0 bridgehead atoms. The molecule has 0 radical (unpaired) electrons. The summed E-state index contributed by atoms with van der Waals surface area (Å²) < 4.78 is 15.4. The first-order chi connectivity index (χ1) is 36.2. The molecule has 3 heterocycles. The normalized spacial score (nSPS) is 11.8. The number of anilines is 6. The minimum absolute atomic E-state index is 0.858. The quantitative estimate of drug-likeness (QED) is 0.152. The highest BCUT2D eigenvalue weighted by Crippen LogP contribution is 2.46. The molecule has 0 fully saturated rings. The third kappa shape index (κ3) is 6.71. The monoisotopic (exact) mass is 933 g/mol. The molecule has 3 aromatic heterocycles. The number of furan rings is 2. The molecular weight excluding hydrogens is 891 g/mol. The molecule has 0 aliphatic heterocycles. The van der Waals surface area contributed by atoms with Crippen LogP contribution >= 0.6 is 0 Å². The summed E-state index contributed by atoms with van der Waals surface area (Å²) in [6.45, 7) is 0. The minimum Gasteiger partial charge on any atom is -0.456 e. The summed E-state index contributed by atoms with van der Waals surface area (Å²) in [5, 5.41) is 11.4. The van der Waals surface area contributed by atoms with E-state index in [0.717, 1.165) is 117 Å². The first-order valence-electron chi connectivity index (χ1n) is 24.8. The van der Waals surface area contributed by atoms with Crippen molar-refractivity contribution in [3.05, 3.63) is 261 Å². The fourth-order valence-electron chi connectivity index (χ4n) is 11.3. The number of fused-ring (bicyclic) bond motifs is 12. The predicted octanol–water partition coefficient (Wildman–Crippen LogP) is 19.5. The Morgan fingerprint density at radius 2 is 0.836 bits per heavy atom. The van der Waals surface area contributed by atoms with Gasteiger partial charge in [-0.15, -0.1) is 0 Å². The third-order valence-corrected chi connectivity index (χ3v) is 14.6. The van der Waals surface area contributed by atoms with Gasteiger partial charge in [-0.2, -0.15) is 0 Å². The number of hydrogen-bond donors (Lipinski definition) is 0. The van der Waals surface area contributed by atoms with Crippen molar-refractivity contribution in [1.82, 2.24) is 4.57 Å². The van der Waals surface area contributed by atoms with E-state index in [0.29, 0.717) is 0 Å². The average molecular weight is 934 g/mol. The maximum absolute atomic E-state index is 6.63. The SMILES string of the molecule is c1ccc(N(c2cc(-c3ccc4c(c3)c3cc5ccc6c7ccccc7oc6c5cc3n4-c3ccccc3)cc(N(c3ccccc3)c3ccc4oc5ccccc5c4c3)c2)c2ccc3ccccc3c2)cc1. The standard InChI is InChI=1S/C68H43N3O2/c1-4-18-49(19-5-1)69(52-31-28-44-16-10-11-17-45(44)36-52)54-37-48(38-55(41-54)70(50-20-6-2-7-21-50)53-32-35-67-62(42-53)57-25-13-14-26-65(57)72-67)46-30-34-63-60(39-46)61-40-47-29-33-58-56-24-12-15-27-66(56)73-68(58)59(47)43-64(61)71(63)51-22-8-3-9-23-51/h1-43H. The van der Waals surface area contributed by atoms with Crippen LogP contribution in [0.25, 0.3) is 104 Å². The minimum atomic E-state index is 0.858. The lowest BCUT2D eigenvalue weighted by molar-refractivity contribution is 0.669. The third-order valence-electron chi connectivity index (χ3n) is 14.6. The van der Waals surface area contributed by atoms with Crippen molar-refractivity contribution in [3.63, 3.8) is 0 Å². The summed E-state index contributed by atoms with van der Waals surface area (Å²) in [5.41, 5.74) is 15.3. The lowest BCUT2D eigenvalue weighted by atomic mass is 9.98. The summed E-state index contributed by atoms with van der Waals surface area (Å²) >= 11 is 0. The predicted molar refractivity (Wildman–Crippen MR) is 305 cm³/mol. The largest absolute Gasteiger partial charge is 0.456 e. The molecule has 342 valence electrons. The van der Waals surface area contributed by atoms with E-state index in [4.69, 9.17) is 8.83 Å². The smallest absolute Gasteiger partial charge is 0.143 e. The number of rotatable bonds is 8. The van der Waals surface area contributed by atoms with Crippen molar-refractivity contribution in [3.8, 4) is 16.8 Å². The highest BCUT2D eigenvalue weighted by atomic mass is 16.3. The van der Waals surface area contributed by atoms with Crippen molar-refractivity contribution in [1.29, 1.82) is 0 Å². The van der Waals surface area contributed by atoms with Crippen LogP contribution in [0.3, 0.4) is 0 Å². The van der Waals surface area contributed by atoms with Crippen LogP contribution in [0, 0.1) is 0 Å². The van der Waals surface area contributed by atoms with Gasteiger partial charge in [0.2, 0.25) is 0 Å². The van der Waals surface area contributed by atoms with Gasteiger partial charge in [-0.3, -0.25) is 0 Å². The van der Waals surface area contributed by atoms with E-state index in [1.807, 2.05) is 18.2 Å². The molecule has 0 spiro atoms. The second-order valence-corrected chi connectivity index (χ2v) is 18.9. The Kier molecular flexibility index (Phi) is 9.19. The highest BCUT2D eigenvalue weighted by Gasteiger charge is 2.23. The van der Waals surface area contributed by atoms with Crippen molar-refractivity contribution in [2.75, 3.05) is 9.80 Å². The molecule has 0 unspecified atom stereocenters. The summed E-state index contributed by atoms with van der Waals surface area (Å²) in [7, 11) is 0. The van der Waals surface area contributed by atoms with E-state index < -0.39 is 0 Å². The van der Waals surface area contributed by atoms with Gasteiger partial charge in [0.1, 0.15) is 22.3 Å². The van der Waals surface area contributed by atoms with Gasteiger partial charge < -0.3 is 23.2 Å². The topological polar surface area (TPSA) is 37.7 Å². The van der Waals surface area contributed by atoms with Crippen molar-refractivity contribution in [2.24, 2.45) is 0 Å². The summed E-state index contributed by atoms with van der Waals surface area (Å²) in [5.74, 6) is 0. The van der Waals surface area contributed by atoms with Crippen LogP contribution in [-0.2, 0) is 0 Å². The molecule has 5 nitrogen and oxygen atoms in total. The Morgan fingerprint density at radius 1 is 0.260 bits per heavy atom. The molecule has 5 heteroatoms. The summed E-state index contributed by atoms with van der Waals surface area (Å²) in [6.07, 6.45) is 0. The van der Waals surface area contributed by atoms with Crippen LogP contribution in [-0.4, -0.2) is 4.57 Å². The lowest BCUT2D eigenvalue weighted by Crippen LogP contribution is -2.13. The number of benzene rings is 12. The van der Waals surface area contributed by atoms with Gasteiger partial charge in [0.05, 0.1) is 11.0 Å². The van der Waals surface area contributed by atoms with Gasteiger partial charge in [-0.25, -0.2) is 0 Å². The molecular formula is C68H43N3O2. The number of nitrogens with zero attached hydrogens (tertiary/aromatic N) is 3. The van der Waals surface area contributed by atoms with E-state index in [2.05, 4.69) is 257 Å². The lowest BCUT2D eigenvalue weighted by Gasteiger charge is -2.30. The van der Waals surface area contributed by atoms with Crippen LogP contribution in [0.15, 0.2) is 270 Å². The maximum Gasteiger partial charge on any atom is 0.143 e. The highest BCUT2D eigenvalue weighted by molar-refractivity contribution is 6.21. The van der Waals surface area contributed by atoms with Crippen LogP contribution in [0.4, 0.5) is 34.1 Å². The van der Waals surface area contributed by atoms with E-state index in [9.17, 15) is 0 Å². The molecule has 15 rings (SSSR count). The summed E-state index contributed by atoms with van der Waals surface area (Å²) in [4.78, 5) is 4.77. The van der Waals surface area contributed by atoms with Gasteiger partial charge in [-0.1, -0.05) is 133 Å². The number of hydrogen-bond acceptors (Lipinski definition) is 4. The molecule has 0 atom stereocenters. The molecule has 12 aromatic carbocycles. The Morgan fingerprint density at radius 3 is 1.58 bits per heavy atom. The van der Waals surface area contributed by atoms with Crippen LogP contribution in [0.1, 0.15) is 0 Å². The molecule has 0 N–H and O–H groups in total. The van der Waals surface area contributed by atoms with Gasteiger partial charge in [-0.05, 0) is 155 Å². The molecule has 15 aromatic rings. The van der Waals surface area contributed by atoms with Crippen molar-refractivity contribution < 1.29 is 8.83 Å². The Balaban J connectivity index is 0.997. The number of aromatic nitrogens is 1. The van der Waals surface area contributed by atoms with E-state index in [1.165, 1.54) is 21.5 Å². The molecule has 73 heavy (non-hydrogen) atoms. The Bertz CT molecular complexity index is 4630. The molecule has 0 aliphatic rings.